The number of nitrogens with one attached hydrogen (secondary N) is 2. The van der Waals surface area contributed by atoms with Crippen LogP contribution in [0.5, 0.6) is 0 Å². The van der Waals surface area contributed by atoms with Gasteiger partial charge in [0.05, 0.1) is 6.54 Å². The molecule has 3 rings (SSSR count). The average Bonchev–Trinajstić information content (AvgIpc) is 3.06. The normalized spacial score (nSPS) is 10.8. The van der Waals surface area contributed by atoms with E-state index in [1.807, 2.05) is 87.2 Å². The van der Waals surface area contributed by atoms with E-state index in [2.05, 4.69) is 10.6 Å². The maximum Gasteiger partial charge on any atom is 0.272 e. The molecule has 1 aromatic heterocycles. The second kappa shape index (κ2) is 8.75. The van der Waals surface area contributed by atoms with Crippen LogP contribution in [0.4, 0.5) is 11.4 Å². The zero-order valence-corrected chi connectivity index (χ0v) is 17.2. The highest BCUT2D eigenvalue weighted by Crippen LogP contribution is 2.24. The number of hydrogen-bond acceptors (Lipinski definition) is 3. The molecule has 0 unspecified atom stereocenters. The molecular weight excluding hydrogens is 364 g/mol. The summed E-state index contributed by atoms with van der Waals surface area (Å²) in [5, 5.41) is 5.82. The quantitative estimate of drug-likeness (QED) is 0.674. The van der Waals surface area contributed by atoms with Gasteiger partial charge in [-0.25, -0.2) is 0 Å². The number of anilines is 2. The Hall–Kier alpha value is -3.38. The van der Waals surface area contributed by atoms with Gasteiger partial charge in [0.15, 0.2) is 0 Å². The minimum atomic E-state index is -0.205. The Kier molecular flexibility index (Phi) is 6.14. The second-order valence-electron chi connectivity index (χ2n) is 7.30. The van der Waals surface area contributed by atoms with Crippen LogP contribution in [0.25, 0.3) is 11.3 Å². The Bertz CT molecular complexity index is 1020. The zero-order valence-electron chi connectivity index (χ0n) is 17.2. The number of likely N-dealkylation sites (N-methyl/N-ethyl adjacent to an activating group) is 1. The summed E-state index contributed by atoms with van der Waals surface area (Å²) in [5.41, 5.74) is 4.82. The largest absolute Gasteiger partial charge is 0.340 e. The number of rotatable bonds is 6. The molecule has 1 heterocycles. The molecule has 6 heteroatoms. The SMILES string of the molecule is Cc1ccc(NC(=O)c2ccc(-c3ccccc3)n2C)cc1NC(=O)CN(C)C. The number of nitrogens with zero attached hydrogens (tertiary/aromatic N) is 2. The molecule has 0 saturated heterocycles. The molecule has 2 aromatic carbocycles. The van der Waals surface area contributed by atoms with Gasteiger partial charge in [-0.2, -0.15) is 0 Å². The minimum absolute atomic E-state index is 0.100. The lowest BCUT2D eigenvalue weighted by Crippen LogP contribution is -2.27. The molecule has 0 aliphatic heterocycles. The number of carbonyl (C=O) groups is 2. The summed E-state index contributed by atoms with van der Waals surface area (Å²) in [4.78, 5) is 26.7. The standard InChI is InChI=1S/C23H26N4O2/c1-16-10-11-18(14-19(16)25-22(28)15-26(2)3)24-23(29)21-13-12-20(27(21)4)17-8-6-5-7-9-17/h5-14H,15H2,1-4H3,(H,24,29)(H,25,28). The number of aryl methyl sites for hydroxylation is 1. The molecule has 2 amide bonds. The first-order valence-electron chi connectivity index (χ1n) is 9.43. The van der Waals surface area contributed by atoms with E-state index in [9.17, 15) is 9.59 Å². The maximum atomic E-state index is 12.8. The summed E-state index contributed by atoms with van der Waals surface area (Å²) in [5.74, 6) is -0.305. The topological polar surface area (TPSA) is 66.4 Å². The highest BCUT2D eigenvalue weighted by molar-refractivity contribution is 6.04. The van der Waals surface area contributed by atoms with Gasteiger partial charge in [0, 0.05) is 24.1 Å². The Morgan fingerprint density at radius 3 is 2.38 bits per heavy atom. The lowest BCUT2D eigenvalue weighted by Gasteiger charge is -2.14. The molecule has 0 atom stereocenters. The molecule has 6 nitrogen and oxygen atoms in total. The summed E-state index contributed by atoms with van der Waals surface area (Å²) in [6, 6.07) is 19.2. The fraction of sp³-hybridized carbons (Fsp3) is 0.217. The van der Waals surface area contributed by atoms with Gasteiger partial charge in [0.2, 0.25) is 5.91 Å². The second-order valence-corrected chi connectivity index (χ2v) is 7.30. The molecule has 0 spiro atoms. The maximum absolute atomic E-state index is 12.8. The molecule has 0 aliphatic carbocycles. The Balaban J connectivity index is 1.77. The van der Waals surface area contributed by atoms with Gasteiger partial charge in [-0.1, -0.05) is 36.4 Å². The van der Waals surface area contributed by atoms with Crippen molar-refractivity contribution in [1.29, 1.82) is 0 Å². The van der Waals surface area contributed by atoms with Crippen LogP contribution in [0.15, 0.2) is 60.7 Å². The molecule has 29 heavy (non-hydrogen) atoms. The van der Waals surface area contributed by atoms with Gasteiger partial charge in [-0.3, -0.25) is 9.59 Å². The van der Waals surface area contributed by atoms with Gasteiger partial charge in [-0.15, -0.1) is 0 Å². The van der Waals surface area contributed by atoms with Crippen LogP contribution in [0.1, 0.15) is 16.1 Å². The molecular formula is C23H26N4O2. The van der Waals surface area contributed by atoms with E-state index in [1.54, 1.807) is 11.0 Å². The third-order valence-electron chi connectivity index (χ3n) is 4.65. The minimum Gasteiger partial charge on any atom is -0.340 e. The monoisotopic (exact) mass is 390 g/mol. The molecule has 0 aliphatic rings. The molecule has 2 N–H and O–H groups in total. The van der Waals surface area contributed by atoms with E-state index in [0.717, 1.165) is 16.8 Å². The molecule has 150 valence electrons. The van der Waals surface area contributed by atoms with E-state index in [-0.39, 0.29) is 11.8 Å². The Morgan fingerprint density at radius 2 is 1.69 bits per heavy atom. The first-order chi connectivity index (χ1) is 13.8. The van der Waals surface area contributed by atoms with E-state index >= 15 is 0 Å². The van der Waals surface area contributed by atoms with Crippen molar-refractivity contribution in [3.8, 4) is 11.3 Å². The molecule has 3 aromatic rings. The summed E-state index contributed by atoms with van der Waals surface area (Å²) in [7, 11) is 5.55. The third-order valence-corrected chi connectivity index (χ3v) is 4.65. The highest BCUT2D eigenvalue weighted by atomic mass is 16.2. The van der Waals surface area contributed by atoms with E-state index in [1.165, 1.54) is 0 Å². The van der Waals surface area contributed by atoms with E-state index in [4.69, 9.17) is 0 Å². The fourth-order valence-corrected chi connectivity index (χ4v) is 3.14. The fourth-order valence-electron chi connectivity index (χ4n) is 3.14. The lowest BCUT2D eigenvalue weighted by molar-refractivity contribution is -0.116. The highest BCUT2D eigenvalue weighted by Gasteiger charge is 2.15. The van der Waals surface area contributed by atoms with Gasteiger partial charge >= 0.3 is 0 Å². The third kappa shape index (κ3) is 4.92. The van der Waals surface area contributed by atoms with E-state index < -0.39 is 0 Å². The summed E-state index contributed by atoms with van der Waals surface area (Å²) in [6.07, 6.45) is 0. The van der Waals surface area contributed by atoms with Gasteiger partial charge < -0.3 is 20.1 Å². The lowest BCUT2D eigenvalue weighted by atomic mass is 10.1. The number of hydrogen-bond donors (Lipinski definition) is 2. The summed E-state index contributed by atoms with van der Waals surface area (Å²) >= 11 is 0. The summed E-state index contributed by atoms with van der Waals surface area (Å²) < 4.78 is 1.87. The molecule has 0 saturated carbocycles. The predicted octanol–water partition coefficient (Wildman–Crippen LogP) is 3.75. The van der Waals surface area contributed by atoms with E-state index in [0.29, 0.717) is 23.6 Å². The molecule has 0 fully saturated rings. The first kappa shape index (κ1) is 20.4. The first-order valence-corrected chi connectivity index (χ1v) is 9.43. The number of amides is 2. The van der Waals surface area contributed by atoms with Crippen LogP contribution >= 0.6 is 0 Å². The van der Waals surface area contributed by atoms with Crippen LogP contribution in [-0.4, -0.2) is 41.9 Å². The van der Waals surface area contributed by atoms with Gasteiger partial charge in [-0.05, 0) is 56.4 Å². The molecule has 0 radical (unpaired) electrons. The van der Waals surface area contributed by atoms with Gasteiger partial charge in [0.1, 0.15) is 5.69 Å². The van der Waals surface area contributed by atoms with Crippen LogP contribution in [-0.2, 0) is 11.8 Å². The predicted molar refractivity (Wildman–Crippen MR) is 117 cm³/mol. The van der Waals surface area contributed by atoms with Crippen molar-refractivity contribution >= 4 is 23.2 Å². The van der Waals surface area contributed by atoms with Crippen molar-refractivity contribution in [1.82, 2.24) is 9.47 Å². The van der Waals surface area contributed by atoms with Crippen molar-refractivity contribution in [3.63, 3.8) is 0 Å². The van der Waals surface area contributed by atoms with Crippen molar-refractivity contribution in [2.75, 3.05) is 31.3 Å². The average molecular weight is 390 g/mol. The van der Waals surface area contributed by atoms with Crippen LogP contribution in [0, 0.1) is 6.92 Å². The number of carbonyl (C=O) groups excluding carboxylic acids is 2. The number of aromatic nitrogens is 1. The summed E-state index contributed by atoms with van der Waals surface area (Å²) in [6.45, 7) is 2.21. The van der Waals surface area contributed by atoms with Crippen molar-refractivity contribution in [2.45, 2.75) is 6.92 Å². The Morgan fingerprint density at radius 1 is 0.966 bits per heavy atom. The van der Waals surface area contributed by atoms with Crippen LogP contribution < -0.4 is 10.6 Å². The van der Waals surface area contributed by atoms with Crippen molar-refractivity contribution in [3.05, 3.63) is 71.9 Å². The van der Waals surface area contributed by atoms with Crippen LogP contribution in [0.3, 0.4) is 0 Å². The molecule has 0 bridgehead atoms. The number of benzene rings is 2. The smallest absolute Gasteiger partial charge is 0.272 e. The van der Waals surface area contributed by atoms with Crippen molar-refractivity contribution in [2.24, 2.45) is 7.05 Å². The van der Waals surface area contributed by atoms with Gasteiger partial charge in [0.25, 0.3) is 5.91 Å². The van der Waals surface area contributed by atoms with Crippen LogP contribution in [0.2, 0.25) is 0 Å². The zero-order chi connectivity index (χ0) is 21.0. The van der Waals surface area contributed by atoms with Crippen molar-refractivity contribution < 1.29 is 9.59 Å². The Labute approximate surface area is 171 Å².